The van der Waals surface area contributed by atoms with Gasteiger partial charge in [0.05, 0.1) is 23.4 Å². The topological polar surface area (TPSA) is 45.7 Å². The van der Waals surface area contributed by atoms with Crippen LogP contribution in [0.2, 0.25) is 0 Å². The molecule has 0 unspecified atom stereocenters. The number of piperazine rings is 1. The molecule has 0 N–H and O–H groups in total. The fourth-order valence-electron chi connectivity index (χ4n) is 3.82. The Morgan fingerprint density at radius 1 is 1.10 bits per heavy atom. The summed E-state index contributed by atoms with van der Waals surface area (Å²) in [7, 11) is 0. The summed E-state index contributed by atoms with van der Waals surface area (Å²) in [5.41, 5.74) is 2.94. The molecule has 1 aromatic heterocycles. The molecule has 1 aliphatic heterocycles. The van der Waals surface area contributed by atoms with Crippen molar-refractivity contribution in [2.75, 3.05) is 37.7 Å². The average Bonchev–Trinajstić information content (AvgIpc) is 2.74. The average molecular weight is 393 g/mol. The van der Waals surface area contributed by atoms with E-state index in [-0.39, 0.29) is 11.7 Å². The molecule has 6 heteroatoms. The summed E-state index contributed by atoms with van der Waals surface area (Å²) >= 11 is 0. The Morgan fingerprint density at radius 2 is 1.86 bits per heavy atom. The second kappa shape index (κ2) is 8.07. The fourth-order valence-corrected chi connectivity index (χ4v) is 3.82. The number of anilines is 1. The highest BCUT2D eigenvalue weighted by Gasteiger charge is 2.25. The van der Waals surface area contributed by atoms with Gasteiger partial charge in [-0.1, -0.05) is 12.1 Å². The molecule has 0 aliphatic carbocycles. The fraction of sp³-hybridized carbons (Fsp3) is 0.304. The standard InChI is InChI=1S/C23H24FN3O2/c1-3-29-22-7-5-4-6-21(22)26-10-12-27(13-11-26)23(28)19-14-16(2)25-20-9-8-17(24)15-18(19)20/h4-9,14-15H,3,10-13H2,1-2H3. The Bertz CT molecular complexity index is 1050. The Balaban J connectivity index is 1.55. The van der Waals surface area contributed by atoms with Crippen molar-refractivity contribution >= 4 is 22.5 Å². The lowest BCUT2D eigenvalue weighted by Gasteiger charge is -2.37. The van der Waals surface area contributed by atoms with E-state index < -0.39 is 0 Å². The molecule has 4 rings (SSSR count). The van der Waals surface area contributed by atoms with E-state index in [9.17, 15) is 9.18 Å². The van der Waals surface area contributed by atoms with Crippen LogP contribution >= 0.6 is 0 Å². The van der Waals surface area contributed by atoms with E-state index in [0.29, 0.717) is 49.3 Å². The third kappa shape index (κ3) is 3.88. The number of benzene rings is 2. The van der Waals surface area contributed by atoms with Gasteiger partial charge in [-0.15, -0.1) is 0 Å². The monoisotopic (exact) mass is 393 g/mol. The summed E-state index contributed by atoms with van der Waals surface area (Å²) in [5, 5.41) is 0.560. The number of halogens is 1. The molecular formula is C23H24FN3O2. The van der Waals surface area contributed by atoms with Crippen LogP contribution in [0.5, 0.6) is 5.75 Å². The van der Waals surface area contributed by atoms with Crippen molar-refractivity contribution in [3.8, 4) is 5.75 Å². The number of aromatic nitrogens is 1. The number of ether oxygens (including phenoxy) is 1. The van der Waals surface area contributed by atoms with E-state index in [2.05, 4.69) is 9.88 Å². The minimum atomic E-state index is -0.366. The quantitative estimate of drug-likeness (QED) is 0.671. The van der Waals surface area contributed by atoms with Crippen LogP contribution in [0.15, 0.2) is 48.5 Å². The lowest BCUT2D eigenvalue weighted by atomic mass is 10.1. The van der Waals surface area contributed by atoms with E-state index in [1.54, 1.807) is 12.1 Å². The van der Waals surface area contributed by atoms with Gasteiger partial charge in [0.1, 0.15) is 11.6 Å². The summed E-state index contributed by atoms with van der Waals surface area (Å²) in [4.78, 5) is 21.7. The molecule has 0 spiro atoms. The number of rotatable bonds is 4. The van der Waals surface area contributed by atoms with Gasteiger partial charge in [-0.3, -0.25) is 9.78 Å². The van der Waals surface area contributed by atoms with Gasteiger partial charge in [0.25, 0.3) is 5.91 Å². The molecule has 1 fully saturated rings. The van der Waals surface area contributed by atoms with Crippen LogP contribution in [0.25, 0.3) is 10.9 Å². The number of carbonyl (C=O) groups excluding carboxylic acids is 1. The van der Waals surface area contributed by atoms with Crippen molar-refractivity contribution in [2.24, 2.45) is 0 Å². The molecule has 0 bridgehead atoms. The van der Waals surface area contributed by atoms with E-state index in [0.717, 1.165) is 17.1 Å². The number of hydrogen-bond donors (Lipinski definition) is 0. The molecule has 5 nitrogen and oxygen atoms in total. The minimum absolute atomic E-state index is 0.0798. The first-order valence-electron chi connectivity index (χ1n) is 9.90. The van der Waals surface area contributed by atoms with E-state index in [1.165, 1.54) is 12.1 Å². The van der Waals surface area contributed by atoms with Crippen molar-refractivity contribution < 1.29 is 13.9 Å². The molecule has 0 atom stereocenters. The molecule has 29 heavy (non-hydrogen) atoms. The van der Waals surface area contributed by atoms with Crippen molar-refractivity contribution in [1.82, 2.24) is 9.88 Å². The highest BCUT2D eigenvalue weighted by Crippen LogP contribution is 2.29. The van der Waals surface area contributed by atoms with Crippen molar-refractivity contribution in [1.29, 1.82) is 0 Å². The Kier molecular flexibility index (Phi) is 5.34. The van der Waals surface area contributed by atoms with Gasteiger partial charge in [0.15, 0.2) is 0 Å². The number of pyridine rings is 1. The van der Waals surface area contributed by atoms with Crippen molar-refractivity contribution in [3.63, 3.8) is 0 Å². The van der Waals surface area contributed by atoms with E-state index >= 15 is 0 Å². The number of amides is 1. The number of fused-ring (bicyclic) bond motifs is 1. The van der Waals surface area contributed by atoms with Crippen LogP contribution in [-0.4, -0.2) is 48.6 Å². The van der Waals surface area contributed by atoms with Gasteiger partial charge in [0, 0.05) is 37.3 Å². The SMILES string of the molecule is CCOc1ccccc1N1CCN(C(=O)c2cc(C)nc3ccc(F)cc23)CC1. The summed E-state index contributed by atoms with van der Waals surface area (Å²) in [6.45, 7) is 7.05. The first-order valence-corrected chi connectivity index (χ1v) is 9.90. The lowest BCUT2D eigenvalue weighted by molar-refractivity contribution is 0.0748. The Morgan fingerprint density at radius 3 is 2.62 bits per heavy atom. The maximum Gasteiger partial charge on any atom is 0.254 e. The maximum absolute atomic E-state index is 13.8. The third-order valence-corrected chi connectivity index (χ3v) is 5.20. The normalized spacial score (nSPS) is 14.3. The highest BCUT2D eigenvalue weighted by atomic mass is 19.1. The van der Waals surface area contributed by atoms with Crippen LogP contribution in [0.4, 0.5) is 10.1 Å². The van der Waals surface area contributed by atoms with Gasteiger partial charge in [-0.2, -0.15) is 0 Å². The molecule has 2 heterocycles. The molecule has 150 valence electrons. The number of para-hydroxylation sites is 2. The van der Waals surface area contributed by atoms with E-state index in [1.807, 2.05) is 43.0 Å². The predicted molar refractivity (Wildman–Crippen MR) is 112 cm³/mol. The largest absolute Gasteiger partial charge is 0.492 e. The van der Waals surface area contributed by atoms with Crippen LogP contribution in [0.3, 0.4) is 0 Å². The Hall–Kier alpha value is -3.15. The van der Waals surface area contributed by atoms with Gasteiger partial charge in [-0.05, 0) is 50.2 Å². The van der Waals surface area contributed by atoms with Crippen LogP contribution in [0, 0.1) is 12.7 Å². The van der Waals surface area contributed by atoms with Crippen LogP contribution < -0.4 is 9.64 Å². The summed E-state index contributed by atoms with van der Waals surface area (Å²) in [5.74, 6) is 0.416. The minimum Gasteiger partial charge on any atom is -0.492 e. The molecule has 3 aromatic rings. The second-order valence-corrected chi connectivity index (χ2v) is 7.15. The molecule has 1 amide bonds. The van der Waals surface area contributed by atoms with Crippen molar-refractivity contribution in [3.05, 3.63) is 65.6 Å². The second-order valence-electron chi connectivity index (χ2n) is 7.15. The van der Waals surface area contributed by atoms with E-state index in [4.69, 9.17) is 4.74 Å². The smallest absolute Gasteiger partial charge is 0.254 e. The molecule has 0 saturated carbocycles. The lowest BCUT2D eigenvalue weighted by Crippen LogP contribution is -2.49. The summed E-state index contributed by atoms with van der Waals surface area (Å²) < 4.78 is 19.5. The molecule has 1 saturated heterocycles. The van der Waals surface area contributed by atoms with Crippen LogP contribution in [-0.2, 0) is 0 Å². The first-order chi connectivity index (χ1) is 14.1. The number of nitrogens with zero attached hydrogens (tertiary/aromatic N) is 3. The highest BCUT2D eigenvalue weighted by molar-refractivity contribution is 6.06. The van der Waals surface area contributed by atoms with Gasteiger partial charge in [0.2, 0.25) is 0 Å². The molecule has 2 aromatic carbocycles. The van der Waals surface area contributed by atoms with Gasteiger partial charge < -0.3 is 14.5 Å². The maximum atomic E-state index is 13.8. The first kappa shape index (κ1) is 19.2. The zero-order valence-corrected chi connectivity index (χ0v) is 16.7. The Labute approximate surface area is 169 Å². The summed E-state index contributed by atoms with van der Waals surface area (Å²) in [6.07, 6.45) is 0. The zero-order valence-electron chi connectivity index (χ0n) is 16.7. The third-order valence-electron chi connectivity index (χ3n) is 5.20. The van der Waals surface area contributed by atoms with Crippen molar-refractivity contribution in [2.45, 2.75) is 13.8 Å². The number of hydrogen-bond acceptors (Lipinski definition) is 4. The molecular weight excluding hydrogens is 369 g/mol. The van der Waals surface area contributed by atoms with Crippen LogP contribution in [0.1, 0.15) is 23.0 Å². The predicted octanol–water partition coefficient (Wildman–Crippen LogP) is 4.04. The molecule has 1 aliphatic rings. The number of carbonyl (C=O) groups is 1. The van der Waals surface area contributed by atoms with Gasteiger partial charge in [-0.25, -0.2) is 4.39 Å². The molecule has 0 radical (unpaired) electrons. The van der Waals surface area contributed by atoms with Gasteiger partial charge >= 0.3 is 0 Å². The number of aryl methyl sites for hydroxylation is 1. The zero-order chi connectivity index (χ0) is 20.4. The summed E-state index contributed by atoms with van der Waals surface area (Å²) in [6, 6.07) is 14.1.